The second-order valence-corrected chi connectivity index (χ2v) is 14.7. The molecule has 0 aromatic carbocycles. The maximum Gasteiger partial charge on any atom is 0.302 e. The molecule has 4 rings (SSSR count). The summed E-state index contributed by atoms with van der Waals surface area (Å²) in [6.45, 7) is 23.5. The van der Waals surface area contributed by atoms with Crippen LogP contribution in [-0.4, -0.2) is 12.1 Å². The molecule has 192 valence electrons. The van der Waals surface area contributed by atoms with Crippen molar-refractivity contribution >= 4 is 5.97 Å². The van der Waals surface area contributed by atoms with Crippen LogP contribution >= 0.6 is 0 Å². The molecule has 0 saturated heterocycles. The largest absolute Gasteiger partial charge is 0.462 e. The summed E-state index contributed by atoms with van der Waals surface area (Å²) in [6, 6.07) is 0. The lowest BCUT2D eigenvalue weighted by atomic mass is 9.46. The van der Waals surface area contributed by atoms with Gasteiger partial charge in [-0.25, -0.2) is 0 Å². The zero-order valence-electron chi connectivity index (χ0n) is 23.6. The summed E-state index contributed by atoms with van der Waals surface area (Å²) in [5, 5.41) is 0. The van der Waals surface area contributed by atoms with E-state index in [1.807, 2.05) is 5.57 Å². The number of rotatable bonds is 4. The van der Waals surface area contributed by atoms with E-state index in [1.54, 1.807) is 12.5 Å². The van der Waals surface area contributed by atoms with Crippen molar-refractivity contribution in [2.75, 3.05) is 0 Å². The molecule has 0 heterocycles. The summed E-state index contributed by atoms with van der Waals surface area (Å²) in [5.41, 5.74) is 6.25. The third kappa shape index (κ3) is 4.45. The van der Waals surface area contributed by atoms with Crippen molar-refractivity contribution in [2.24, 2.45) is 39.4 Å². The van der Waals surface area contributed by atoms with E-state index in [9.17, 15) is 4.79 Å². The Morgan fingerprint density at radius 3 is 2.38 bits per heavy atom. The number of hydrogen-bond donors (Lipinski definition) is 0. The molecule has 4 aliphatic rings. The second kappa shape index (κ2) is 8.81. The van der Waals surface area contributed by atoms with Crippen LogP contribution in [0.5, 0.6) is 0 Å². The van der Waals surface area contributed by atoms with Gasteiger partial charge < -0.3 is 4.74 Å². The Balaban J connectivity index is 1.56. The van der Waals surface area contributed by atoms with Crippen molar-refractivity contribution in [3.05, 3.63) is 23.3 Å². The molecule has 0 N–H and O–H groups in total. The number of hydrogen-bond acceptors (Lipinski definition) is 2. The van der Waals surface area contributed by atoms with E-state index in [4.69, 9.17) is 4.74 Å². The van der Waals surface area contributed by atoms with Crippen molar-refractivity contribution in [3.63, 3.8) is 0 Å². The first-order valence-corrected chi connectivity index (χ1v) is 14.2. The first-order valence-electron chi connectivity index (χ1n) is 14.2. The number of esters is 1. The van der Waals surface area contributed by atoms with Crippen LogP contribution < -0.4 is 0 Å². The molecule has 0 aromatic rings. The summed E-state index contributed by atoms with van der Waals surface area (Å²) >= 11 is 0. The van der Waals surface area contributed by atoms with Crippen molar-refractivity contribution in [1.29, 1.82) is 0 Å². The fourth-order valence-electron chi connectivity index (χ4n) is 9.26. The Morgan fingerprint density at radius 1 is 1.00 bits per heavy atom. The highest BCUT2D eigenvalue weighted by Crippen LogP contribution is 2.63. The normalized spacial score (nSPS) is 41.5. The number of carbonyl (C=O) groups excluding carboxylic acids is 1. The molecule has 0 aromatic heterocycles. The Labute approximate surface area is 210 Å². The third-order valence-electron chi connectivity index (χ3n) is 11.5. The molecule has 0 radical (unpaired) electrons. The van der Waals surface area contributed by atoms with Crippen molar-refractivity contribution < 1.29 is 9.53 Å². The summed E-state index contributed by atoms with van der Waals surface area (Å²) in [6.07, 6.45) is 13.8. The van der Waals surface area contributed by atoms with Crippen LogP contribution in [-0.2, 0) is 9.53 Å². The van der Waals surface area contributed by atoms with E-state index in [2.05, 4.69) is 55.0 Å². The van der Waals surface area contributed by atoms with Crippen LogP contribution in [0.1, 0.15) is 126 Å². The molecule has 2 nitrogen and oxygen atoms in total. The van der Waals surface area contributed by atoms with E-state index in [-0.39, 0.29) is 22.9 Å². The molecule has 0 amide bonds. The predicted octanol–water partition coefficient (Wildman–Crippen LogP) is 9.05. The minimum absolute atomic E-state index is 0.0175. The van der Waals surface area contributed by atoms with Crippen molar-refractivity contribution in [3.8, 4) is 0 Å². The number of allylic oxidation sites excluding steroid dienone is 3. The predicted molar refractivity (Wildman–Crippen MR) is 142 cm³/mol. The Kier molecular flexibility index (Phi) is 6.74. The van der Waals surface area contributed by atoms with Crippen molar-refractivity contribution in [2.45, 2.75) is 132 Å². The van der Waals surface area contributed by atoms with Crippen molar-refractivity contribution in [1.82, 2.24) is 0 Å². The van der Waals surface area contributed by atoms with E-state index in [0.29, 0.717) is 22.7 Å². The summed E-state index contributed by atoms with van der Waals surface area (Å²) in [5.74, 6) is 1.79. The first-order chi connectivity index (χ1) is 15.7. The number of carbonyl (C=O) groups is 1. The van der Waals surface area contributed by atoms with Gasteiger partial charge in [0.2, 0.25) is 0 Å². The minimum Gasteiger partial charge on any atom is -0.462 e. The maximum absolute atomic E-state index is 11.8. The molecule has 2 heteroatoms. The van der Waals surface area contributed by atoms with Gasteiger partial charge in [-0.2, -0.15) is 0 Å². The summed E-state index contributed by atoms with van der Waals surface area (Å²) < 4.78 is 5.85. The zero-order chi connectivity index (χ0) is 25.1. The van der Waals surface area contributed by atoms with Gasteiger partial charge in [-0.05, 0) is 112 Å². The molecule has 3 fully saturated rings. The molecule has 34 heavy (non-hydrogen) atoms. The highest BCUT2D eigenvalue weighted by molar-refractivity contribution is 5.66. The minimum atomic E-state index is -0.128. The van der Waals surface area contributed by atoms with Crippen LogP contribution in [0, 0.1) is 39.4 Å². The van der Waals surface area contributed by atoms with Crippen LogP contribution in [0.4, 0.5) is 0 Å². The first kappa shape index (κ1) is 26.0. The molecule has 6 atom stereocenters. The average molecular weight is 469 g/mol. The second-order valence-electron chi connectivity index (χ2n) is 14.7. The van der Waals surface area contributed by atoms with Gasteiger partial charge in [0.25, 0.3) is 0 Å². The topological polar surface area (TPSA) is 26.3 Å². The van der Waals surface area contributed by atoms with Gasteiger partial charge >= 0.3 is 5.97 Å². The van der Waals surface area contributed by atoms with Crippen LogP contribution in [0.15, 0.2) is 23.3 Å². The van der Waals surface area contributed by atoms with Gasteiger partial charge in [0, 0.05) is 12.3 Å². The van der Waals surface area contributed by atoms with Gasteiger partial charge in [-0.1, -0.05) is 64.8 Å². The molecule has 0 aliphatic heterocycles. The van der Waals surface area contributed by atoms with Gasteiger partial charge in [-0.3, -0.25) is 4.79 Å². The average Bonchev–Trinajstić information content (AvgIpc) is 2.72. The Bertz CT molecular complexity index is 860. The van der Waals surface area contributed by atoms with E-state index in [1.165, 1.54) is 56.9 Å². The summed E-state index contributed by atoms with van der Waals surface area (Å²) in [7, 11) is 0. The quantitative estimate of drug-likeness (QED) is 0.304. The molecule has 3 saturated carbocycles. The van der Waals surface area contributed by atoms with Crippen LogP contribution in [0.3, 0.4) is 0 Å². The maximum atomic E-state index is 11.8. The molecule has 0 unspecified atom stereocenters. The molecule has 0 bridgehead atoms. The Hall–Kier alpha value is -1.05. The fourth-order valence-corrected chi connectivity index (χ4v) is 9.26. The SMILES string of the molecule is C=C1CC[C@H]2C(C)(C)[C@@H](OC(C)=O)CC[C@]2(C)[C@H]1CCC1=C(C)CC[C@@]2(C)CCC(C)(C)C[C@@H]12. The monoisotopic (exact) mass is 468 g/mol. The third-order valence-corrected chi connectivity index (χ3v) is 11.5. The van der Waals surface area contributed by atoms with E-state index >= 15 is 0 Å². The van der Waals surface area contributed by atoms with Gasteiger partial charge in [0.15, 0.2) is 0 Å². The fraction of sp³-hybridized carbons (Fsp3) is 0.844. The lowest BCUT2D eigenvalue weighted by Crippen LogP contribution is -2.55. The smallest absolute Gasteiger partial charge is 0.302 e. The molecular formula is C32H52O2. The van der Waals surface area contributed by atoms with Crippen LogP contribution in [0.2, 0.25) is 0 Å². The highest BCUT2D eigenvalue weighted by atomic mass is 16.5. The number of fused-ring (bicyclic) bond motifs is 2. The van der Waals surface area contributed by atoms with Gasteiger partial charge in [-0.15, -0.1) is 0 Å². The lowest BCUT2D eigenvalue weighted by Gasteiger charge is -2.60. The van der Waals surface area contributed by atoms with Crippen LogP contribution in [0.25, 0.3) is 0 Å². The zero-order valence-corrected chi connectivity index (χ0v) is 23.6. The highest BCUT2D eigenvalue weighted by Gasteiger charge is 2.57. The molecular weight excluding hydrogens is 416 g/mol. The van der Waals surface area contributed by atoms with E-state index in [0.717, 1.165) is 25.2 Å². The molecule has 0 spiro atoms. The summed E-state index contributed by atoms with van der Waals surface area (Å²) in [4.78, 5) is 11.8. The number of ether oxygens (including phenoxy) is 1. The Morgan fingerprint density at radius 2 is 1.71 bits per heavy atom. The van der Waals surface area contributed by atoms with Gasteiger partial charge in [0.05, 0.1) is 0 Å². The van der Waals surface area contributed by atoms with E-state index < -0.39 is 0 Å². The molecule has 4 aliphatic carbocycles. The van der Waals surface area contributed by atoms with Gasteiger partial charge in [0.1, 0.15) is 6.10 Å². The standard InChI is InChI=1S/C32H52O2/c1-21-14-16-31(8)19-18-29(4,5)20-26(31)24(21)11-12-25-22(2)10-13-27-30(6,7)28(34-23(3)33)15-17-32(25,27)9/h25-28H,2,10-20H2,1,3-9H3/t25-,26-,27-,28-,31-,32+/m0/s1. The lowest BCUT2D eigenvalue weighted by molar-refractivity contribution is -0.174.